The molecule has 0 aromatic rings. The van der Waals surface area contributed by atoms with Gasteiger partial charge in [0.25, 0.3) is 0 Å². The fourth-order valence-corrected chi connectivity index (χ4v) is 0.751. The molecule has 0 unspecified atom stereocenters. The fraction of sp³-hybridized carbons (Fsp3) is 1.00. The van der Waals surface area contributed by atoms with Crippen molar-refractivity contribution in [3.8, 4) is 0 Å². The molecule has 4 nitrogen and oxygen atoms in total. The van der Waals surface area contributed by atoms with Gasteiger partial charge < -0.3 is 19.3 Å². The lowest BCUT2D eigenvalue weighted by Crippen LogP contribution is -2.09. The van der Waals surface area contributed by atoms with Crippen LogP contribution in [-0.4, -0.2) is 44.9 Å². The average Bonchev–Trinajstić information content (AvgIpc) is 2.16. The maximum atomic E-state index is 8.26. The number of unbranched alkanes of at least 4 members (excludes halogenated alkanes) is 1. The van der Waals surface area contributed by atoms with Crippen molar-refractivity contribution in [3.05, 3.63) is 0 Å². The molecule has 0 aliphatic carbocycles. The van der Waals surface area contributed by atoms with Crippen molar-refractivity contribution in [2.24, 2.45) is 0 Å². The van der Waals surface area contributed by atoms with Gasteiger partial charge in [0, 0.05) is 6.61 Å². The standard InChI is InChI=1S/C9H20O4/c1-2-3-4-11-5-6-12-7-8-13-9-10/h10H,2-9H2,1H3. The van der Waals surface area contributed by atoms with Crippen molar-refractivity contribution < 1.29 is 19.3 Å². The van der Waals surface area contributed by atoms with Crippen LogP contribution in [0.3, 0.4) is 0 Å². The van der Waals surface area contributed by atoms with Crippen LogP contribution in [0.2, 0.25) is 0 Å². The third-order valence-corrected chi connectivity index (χ3v) is 1.48. The van der Waals surface area contributed by atoms with Crippen molar-refractivity contribution in [1.82, 2.24) is 0 Å². The maximum absolute atomic E-state index is 8.26. The molecule has 80 valence electrons. The Balaban J connectivity index is 2.76. The van der Waals surface area contributed by atoms with Gasteiger partial charge in [-0.3, -0.25) is 0 Å². The molecular formula is C9H20O4. The minimum Gasteiger partial charge on any atom is -0.379 e. The third kappa shape index (κ3) is 11.8. The topological polar surface area (TPSA) is 47.9 Å². The summed E-state index contributed by atoms with van der Waals surface area (Å²) in [6.07, 6.45) is 2.26. The van der Waals surface area contributed by atoms with Gasteiger partial charge in [-0.2, -0.15) is 0 Å². The van der Waals surface area contributed by atoms with Crippen molar-refractivity contribution in [2.45, 2.75) is 19.8 Å². The second kappa shape index (κ2) is 11.8. The maximum Gasteiger partial charge on any atom is 0.143 e. The highest BCUT2D eigenvalue weighted by Gasteiger charge is 1.89. The van der Waals surface area contributed by atoms with Crippen LogP contribution in [0, 0.1) is 0 Å². The van der Waals surface area contributed by atoms with Crippen LogP contribution >= 0.6 is 0 Å². The molecular weight excluding hydrogens is 172 g/mol. The SMILES string of the molecule is CCCCOCCOCCOCO. The van der Waals surface area contributed by atoms with E-state index >= 15 is 0 Å². The lowest BCUT2D eigenvalue weighted by molar-refractivity contribution is -0.0368. The highest BCUT2D eigenvalue weighted by molar-refractivity contribution is 4.34. The van der Waals surface area contributed by atoms with Crippen molar-refractivity contribution in [3.63, 3.8) is 0 Å². The molecule has 0 aliphatic heterocycles. The molecule has 0 aliphatic rings. The van der Waals surface area contributed by atoms with Gasteiger partial charge in [0.2, 0.25) is 0 Å². The summed E-state index contributed by atoms with van der Waals surface area (Å²) in [6.45, 7) is 4.89. The molecule has 1 N–H and O–H groups in total. The molecule has 0 radical (unpaired) electrons. The van der Waals surface area contributed by atoms with Gasteiger partial charge in [0.1, 0.15) is 6.79 Å². The number of rotatable bonds is 10. The summed E-state index contributed by atoms with van der Waals surface area (Å²) in [5.41, 5.74) is 0. The third-order valence-electron chi connectivity index (χ3n) is 1.48. The smallest absolute Gasteiger partial charge is 0.143 e. The average molecular weight is 192 g/mol. The van der Waals surface area contributed by atoms with Crippen LogP contribution in [0.15, 0.2) is 0 Å². The molecule has 0 atom stereocenters. The lowest BCUT2D eigenvalue weighted by atomic mass is 10.4. The van der Waals surface area contributed by atoms with E-state index in [2.05, 4.69) is 11.7 Å². The van der Waals surface area contributed by atoms with Crippen molar-refractivity contribution >= 4 is 0 Å². The summed E-state index contributed by atoms with van der Waals surface area (Å²) < 4.78 is 15.1. The van der Waals surface area contributed by atoms with E-state index in [1.54, 1.807) is 0 Å². The number of aliphatic hydroxyl groups is 1. The van der Waals surface area contributed by atoms with E-state index in [9.17, 15) is 0 Å². The number of aliphatic hydroxyl groups excluding tert-OH is 1. The Bertz CT molecular complexity index is 77.7. The first-order valence-electron chi connectivity index (χ1n) is 4.76. The molecule has 0 amide bonds. The van der Waals surface area contributed by atoms with Crippen molar-refractivity contribution in [1.29, 1.82) is 0 Å². The van der Waals surface area contributed by atoms with Gasteiger partial charge in [-0.25, -0.2) is 0 Å². The van der Waals surface area contributed by atoms with Crippen LogP contribution in [0.4, 0.5) is 0 Å². The van der Waals surface area contributed by atoms with E-state index < -0.39 is 0 Å². The lowest BCUT2D eigenvalue weighted by Gasteiger charge is -2.04. The van der Waals surface area contributed by atoms with E-state index in [1.165, 1.54) is 0 Å². The van der Waals surface area contributed by atoms with Gasteiger partial charge in [-0.15, -0.1) is 0 Å². The second-order valence-corrected chi connectivity index (χ2v) is 2.62. The summed E-state index contributed by atoms with van der Waals surface area (Å²) in [5.74, 6) is 0. The summed E-state index contributed by atoms with van der Waals surface area (Å²) in [4.78, 5) is 0. The zero-order chi connectivity index (χ0) is 9.78. The summed E-state index contributed by atoms with van der Waals surface area (Å²) in [7, 11) is 0. The van der Waals surface area contributed by atoms with Crippen molar-refractivity contribution in [2.75, 3.05) is 39.8 Å². The Morgan fingerprint density at radius 1 is 0.846 bits per heavy atom. The monoisotopic (exact) mass is 192 g/mol. The van der Waals surface area contributed by atoms with E-state index in [0.29, 0.717) is 26.4 Å². The van der Waals surface area contributed by atoms with Crippen LogP contribution in [0.5, 0.6) is 0 Å². The predicted molar refractivity (Wildman–Crippen MR) is 49.6 cm³/mol. The van der Waals surface area contributed by atoms with Crippen LogP contribution in [0.1, 0.15) is 19.8 Å². The van der Waals surface area contributed by atoms with Gasteiger partial charge in [0.15, 0.2) is 0 Å². The Morgan fingerprint density at radius 3 is 1.92 bits per heavy atom. The summed E-state index contributed by atoms with van der Waals surface area (Å²) >= 11 is 0. The molecule has 0 aromatic carbocycles. The van der Waals surface area contributed by atoms with E-state index in [0.717, 1.165) is 19.4 Å². The van der Waals surface area contributed by atoms with E-state index in [1.807, 2.05) is 0 Å². The Kier molecular flexibility index (Phi) is 11.7. The first-order valence-corrected chi connectivity index (χ1v) is 4.76. The first kappa shape index (κ1) is 12.8. The normalized spacial score (nSPS) is 10.6. The fourth-order valence-electron chi connectivity index (χ4n) is 0.751. The summed E-state index contributed by atoms with van der Waals surface area (Å²) in [5, 5.41) is 8.26. The predicted octanol–water partition coefficient (Wildman–Crippen LogP) is 0.786. The zero-order valence-corrected chi connectivity index (χ0v) is 8.33. The second-order valence-electron chi connectivity index (χ2n) is 2.62. The molecule has 0 saturated heterocycles. The highest BCUT2D eigenvalue weighted by atomic mass is 16.6. The van der Waals surface area contributed by atoms with Gasteiger partial charge in [-0.1, -0.05) is 13.3 Å². The Morgan fingerprint density at radius 2 is 1.38 bits per heavy atom. The number of ether oxygens (including phenoxy) is 3. The minimum absolute atomic E-state index is 0.240. The van der Waals surface area contributed by atoms with Crippen LogP contribution < -0.4 is 0 Å². The molecule has 0 saturated carbocycles. The molecule has 0 rings (SSSR count). The number of hydrogen-bond acceptors (Lipinski definition) is 4. The molecule has 4 heteroatoms. The van der Waals surface area contributed by atoms with Gasteiger partial charge >= 0.3 is 0 Å². The molecule has 0 spiro atoms. The van der Waals surface area contributed by atoms with E-state index in [-0.39, 0.29) is 6.79 Å². The van der Waals surface area contributed by atoms with Crippen LogP contribution in [-0.2, 0) is 14.2 Å². The largest absolute Gasteiger partial charge is 0.379 e. The van der Waals surface area contributed by atoms with Gasteiger partial charge in [0.05, 0.1) is 26.4 Å². The molecule has 0 bridgehead atoms. The highest BCUT2D eigenvalue weighted by Crippen LogP contribution is 1.87. The quantitative estimate of drug-likeness (QED) is 0.410. The first-order chi connectivity index (χ1) is 6.41. The molecule has 0 fully saturated rings. The van der Waals surface area contributed by atoms with E-state index in [4.69, 9.17) is 14.6 Å². The molecule has 13 heavy (non-hydrogen) atoms. The number of hydrogen-bond donors (Lipinski definition) is 1. The summed E-state index contributed by atoms with van der Waals surface area (Å²) in [6, 6.07) is 0. The molecule has 0 aromatic heterocycles. The Labute approximate surface area is 79.8 Å². The minimum atomic E-state index is -0.240. The van der Waals surface area contributed by atoms with Crippen LogP contribution in [0.25, 0.3) is 0 Å². The molecule has 0 heterocycles. The zero-order valence-electron chi connectivity index (χ0n) is 8.33. The Hall–Kier alpha value is -0.160. The van der Waals surface area contributed by atoms with Gasteiger partial charge in [-0.05, 0) is 6.42 Å².